The molecule has 1 saturated carbocycles. The van der Waals surface area contributed by atoms with Crippen LogP contribution in [-0.2, 0) is 4.79 Å². The van der Waals surface area contributed by atoms with Gasteiger partial charge in [-0.1, -0.05) is 25.7 Å². The highest BCUT2D eigenvalue weighted by atomic mass is 16.4. The van der Waals surface area contributed by atoms with Crippen molar-refractivity contribution in [2.75, 3.05) is 6.54 Å². The second kappa shape index (κ2) is 6.70. The third-order valence-corrected chi connectivity index (χ3v) is 4.28. The number of rotatable bonds is 4. The minimum Gasteiger partial charge on any atom is -0.481 e. The molecule has 1 aliphatic carbocycles. The number of nitrogens with one attached hydrogen (secondary N) is 1. The van der Waals surface area contributed by atoms with Crippen molar-refractivity contribution in [2.24, 2.45) is 5.41 Å². The van der Waals surface area contributed by atoms with E-state index < -0.39 is 11.4 Å². The number of carboxylic acid groups (broad SMARTS) is 1. The van der Waals surface area contributed by atoms with E-state index in [1.54, 1.807) is 12.1 Å². The fraction of sp³-hybridized carbons (Fsp3) is 0.562. The maximum Gasteiger partial charge on any atom is 0.311 e. The Hall–Kier alpha value is -1.91. The smallest absolute Gasteiger partial charge is 0.311 e. The average molecular weight is 290 g/mol. The molecule has 2 rings (SSSR count). The third kappa shape index (κ3) is 3.80. The Morgan fingerprint density at radius 1 is 1.24 bits per heavy atom. The van der Waals surface area contributed by atoms with Gasteiger partial charge in [-0.3, -0.25) is 14.6 Å². The average Bonchev–Trinajstić information content (AvgIpc) is 2.72. The maximum atomic E-state index is 12.1. The predicted octanol–water partition coefficient (Wildman–Crippen LogP) is 2.55. The molecule has 0 spiro atoms. The topological polar surface area (TPSA) is 79.3 Å². The number of hydrogen-bond acceptors (Lipinski definition) is 3. The lowest BCUT2D eigenvalue weighted by Crippen LogP contribution is -2.42. The zero-order valence-corrected chi connectivity index (χ0v) is 12.4. The van der Waals surface area contributed by atoms with Crippen LogP contribution in [0.5, 0.6) is 0 Å². The Bertz CT molecular complexity index is 503. The third-order valence-electron chi connectivity index (χ3n) is 4.28. The number of aromatic nitrogens is 1. The van der Waals surface area contributed by atoms with Crippen molar-refractivity contribution in [3.8, 4) is 0 Å². The van der Waals surface area contributed by atoms with Crippen LogP contribution in [-0.4, -0.2) is 28.5 Å². The molecule has 0 unspecified atom stereocenters. The van der Waals surface area contributed by atoms with E-state index in [0.29, 0.717) is 18.4 Å². The Morgan fingerprint density at radius 2 is 1.90 bits per heavy atom. The Kier molecular flexibility index (Phi) is 4.94. The molecule has 1 aromatic rings. The van der Waals surface area contributed by atoms with E-state index in [2.05, 4.69) is 10.3 Å². The molecule has 1 aliphatic rings. The molecule has 0 radical (unpaired) electrons. The number of hydrogen-bond donors (Lipinski definition) is 2. The van der Waals surface area contributed by atoms with Gasteiger partial charge >= 0.3 is 5.97 Å². The summed E-state index contributed by atoms with van der Waals surface area (Å²) in [6, 6.07) is 3.48. The van der Waals surface area contributed by atoms with Crippen molar-refractivity contribution in [1.29, 1.82) is 0 Å². The largest absolute Gasteiger partial charge is 0.481 e. The van der Waals surface area contributed by atoms with E-state index in [0.717, 1.165) is 31.4 Å². The number of aliphatic carboxylic acids is 1. The van der Waals surface area contributed by atoms with Gasteiger partial charge in [0.1, 0.15) is 0 Å². The number of pyridine rings is 1. The molecular formula is C16H22N2O3. The van der Waals surface area contributed by atoms with Crippen molar-refractivity contribution in [2.45, 2.75) is 45.4 Å². The minimum absolute atomic E-state index is 0.190. The van der Waals surface area contributed by atoms with Crippen LogP contribution in [0, 0.1) is 12.3 Å². The molecule has 5 heteroatoms. The molecule has 0 saturated heterocycles. The van der Waals surface area contributed by atoms with Gasteiger partial charge in [-0.25, -0.2) is 0 Å². The molecule has 2 N–H and O–H groups in total. The van der Waals surface area contributed by atoms with Crippen LogP contribution >= 0.6 is 0 Å². The van der Waals surface area contributed by atoms with Crippen molar-refractivity contribution in [1.82, 2.24) is 10.3 Å². The van der Waals surface area contributed by atoms with Crippen molar-refractivity contribution in [3.63, 3.8) is 0 Å². The number of nitrogens with zero attached hydrogens (tertiary/aromatic N) is 1. The molecule has 1 heterocycles. The van der Waals surface area contributed by atoms with E-state index in [9.17, 15) is 14.7 Å². The maximum absolute atomic E-state index is 12.1. The minimum atomic E-state index is -0.815. The lowest BCUT2D eigenvalue weighted by atomic mass is 9.80. The van der Waals surface area contributed by atoms with Gasteiger partial charge in [-0.05, 0) is 31.9 Å². The van der Waals surface area contributed by atoms with E-state index in [4.69, 9.17) is 0 Å². The molecular weight excluding hydrogens is 268 g/mol. The molecule has 0 atom stereocenters. The van der Waals surface area contributed by atoms with Gasteiger partial charge in [-0.15, -0.1) is 0 Å². The van der Waals surface area contributed by atoms with Crippen LogP contribution in [0.1, 0.15) is 54.6 Å². The van der Waals surface area contributed by atoms with Gasteiger partial charge in [0.25, 0.3) is 5.91 Å². The molecule has 0 bridgehead atoms. The van der Waals surface area contributed by atoms with E-state index in [1.165, 1.54) is 6.20 Å². The molecule has 1 aromatic heterocycles. The standard InChI is InChI=1S/C16H22N2O3/c1-12-6-7-13(10-17-12)14(19)18-11-16(15(20)21)8-4-2-3-5-9-16/h6-7,10H,2-5,8-9,11H2,1H3,(H,18,19)(H,20,21). The second-order valence-corrected chi connectivity index (χ2v) is 5.87. The molecule has 21 heavy (non-hydrogen) atoms. The monoisotopic (exact) mass is 290 g/mol. The predicted molar refractivity (Wildman–Crippen MR) is 79.1 cm³/mol. The quantitative estimate of drug-likeness (QED) is 0.835. The van der Waals surface area contributed by atoms with Crippen LogP contribution in [0.3, 0.4) is 0 Å². The highest BCUT2D eigenvalue weighted by molar-refractivity contribution is 5.94. The summed E-state index contributed by atoms with van der Waals surface area (Å²) in [5.74, 6) is -1.06. The van der Waals surface area contributed by atoms with Crippen LogP contribution in [0.15, 0.2) is 18.3 Å². The van der Waals surface area contributed by atoms with E-state index in [-0.39, 0.29) is 12.5 Å². The van der Waals surface area contributed by atoms with Gasteiger partial charge in [-0.2, -0.15) is 0 Å². The van der Waals surface area contributed by atoms with Crippen LogP contribution in [0.2, 0.25) is 0 Å². The number of aryl methyl sites for hydroxylation is 1. The summed E-state index contributed by atoms with van der Waals surface area (Å²) in [6.07, 6.45) is 6.76. The number of amides is 1. The van der Waals surface area contributed by atoms with Gasteiger partial charge < -0.3 is 10.4 Å². The number of carbonyl (C=O) groups excluding carboxylic acids is 1. The SMILES string of the molecule is Cc1ccc(C(=O)NCC2(C(=O)O)CCCCCC2)cn1. The fourth-order valence-corrected chi connectivity index (χ4v) is 2.83. The van der Waals surface area contributed by atoms with Gasteiger partial charge in [0, 0.05) is 18.4 Å². The van der Waals surface area contributed by atoms with Crippen LogP contribution in [0.4, 0.5) is 0 Å². The normalized spacial score (nSPS) is 17.8. The summed E-state index contributed by atoms with van der Waals surface area (Å²) < 4.78 is 0. The van der Waals surface area contributed by atoms with Crippen molar-refractivity contribution >= 4 is 11.9 Å². The Balaban J connectivity index is 2.02. The first kappa shape index (κ1) is 15.5. The summed E-state index contributed by atoms with van der Waals surface area (Å²) >= 11 is 0. The molecule has 114 valence electrons. The first-order valence-corrected chi connectivity index (χ1v) is 7.48. The molecule has 0 aromatic carbocycles. The highest BCUT2D eigenvalue weighted by Crippen LogP contribution is 2.34. The molecule has 0 aliphatic heterocycles. The first-order chi connectivity index (χ1) is 10.0. The lowest BCUT2D eigenvalue weighted by Gasteiger charge is -2.28. The van der Waals surface area contributed by atoms with Gasteiger partial charge in [0.2, 0.25) is 0 Å². The molecule has 1 fully saturated rings. The van der Waals surface area contributed by atoms with Crippen LogP contribution < -0.4 is 5.32 Å². The van der Waals surface area contributed by atoms with Crippen LogP contribution in [0.25, 0.3) is 0 Å². The lowest BCUT2D eigenvalue weighted by molar-refractivity contribution is -0.149. The summed E-state index contributed by atoms with van der Waals surface area (Å²) in [6.45, 7) is 2.04. The summed E-state index contributed by atoms with van der Waals surface area (Å²) in [5, 5.41) is 12.3. The molecule has 5 nitrogen and oxygen atoms in total. The number of carboxylic acids is 1. The fourth-order valence-electron chi connectivity index (χ4n) is 2.83. The second-order valence-electron chi connectivity index (χ2n) is 5.87. The Labute approximate surface area is 124 Å². The molecule has 1 amide bonds. The zero-order chi connectivity index (χ0) is 15.3. The van der Waals surface area contributed by atoms with E-state index in [1.807, 2.05) is 6.92 Å². The number of carbonyl (C=O) groups is 2. The van der Waals surface area contributed by atoms with Gasteiger partial charge in [0.15, 0.2) is 0 Å². The summed E-state index contributed by atoms with van der Waals surface area (Å²) in [5.41, 5.74) is 0.497. The van der Waals surface area contributed by atoms with Crippen molar-refractivity contribution < 1.29 is 14.7 Å². The Morgan fingerprint density at radius 3 is 2.43 bits per heavy atom. The zero-order valence-electron chi connectivity index (χ0n) is 12.4. The highest BCUT2D eigenvalue weighted by Gasteiger charge is 2.38. The van der Waals surface area contributed by atoms with E-state index >= 15 is 0 Å². The summed E-state index contributed by atoms with van der Waals surface area (Å²) in [7, 11) is 0. The van der Waals surface area contributed by atoms with Crippen molar-refractivity contribution in [3.05, 3.63) is 29.6 Å². The summed E-state index contributed by atoms with van der Waals surface area (Å²) in [4.78, 5) is 27.8. The van der Waals surface area contributed by atoms with Gasteiger partial charge in [0.05, 0.1) is 11.0 Å². The first-order valence-electron chi connectivity index (χ1n) is 7.48.